The summed E-state index contributed by atoms with van der Waals surface area (Å²) in [6.07, 6.45) is 7.89. The highest BCUT2D eigenvalue weighted by atomic mass is 35.5. The summed E-state index contributed by atoms with van der Waals surface area (Å²) in [5, 5.41) is 14.2. The number of carbonyl (C=O) groups excluding carboxylic acids is 1. The Morgan fingerprint density at radius 1 is 1.17 bits per heavy atom. The van der Waals surface area contributed by atoms with Gasteiger partial charge >= 0.3 is 6.09 Å². The summed E-state index contributed by atoms with van der Waals surface area (Å²) in [6, 6.07) is 3.75. The van der Waals surface area contributed by atoms with Gasteiger partial charge in [-0.05, 0) is 76.6 Å². The summed E-state index contributed by atoms with van der Waals surface area (Å²) in [7, 11) is 0. The summed E-state index contributed by atoms with van der Waals surface area (Å²) in [5.41, 5.74) is -1.17. The van der Waals surface area contributed by atoms with Gasteiger partial charge in [-0.15, -0.1) is 6.42 Å². The van der Waals surface area contributed by atoms with Crippen LogP contribution in [-0.2, 0) is 9.47 Å². The number of amides is 1. The number of amidine groups is 1. The van der Waals surface area contributed by atoms with Crippen LogP contribution in [0.25, 0.3) is 16.5 Å². The third-order valence-corrected chi connectivity index (χ3v) is 11.3. The number of phenolic OH excluding ortho intramolecular Hbond substituents is 1. The third kappa shape index (κ3) is 5.84. The van der Waals surface area contributed by atoms with E-state index in [4.69, 9.17) is 32.5 Å². The number of likely N-dealkylation sites (tertiary alicyclic amines) is 1. The molecular formula is C38H40ClF3N6O4. The Labute approximate surface area is 305 Å². The molecule has 0 saturated carbocycles. The lowest BCUT2D eigenvalue weighted by atomic mass is 9.92. The maximum Gasteiger partial charge on any atom is 0.410 e. The van der Waals surface area contributed by atoms with Gasteiger partial charge < -0.3 is 24.8 Å². The van der Waals surface area contributed by atoms with Crippen LogP contribution in [0.5, 0.6) is 5.75 Å². The fraction of sp³-hybridized carbons (Fsp3) is 0.500. The first-order valence-corrected chi connectivity index (χ1v) is 18.1. The van der Waals surface area contributed by atoms with Crippen LogP contribution < -0.4 is 5.32 Å². The van der Waals surface area contributed by atoms with E-state index in [1.54, 1.807) is 4.90 Å². The summed E-state index contributed by atoms with van der Waals surface area (Å²) < 4.78 is 58.9. The first-order chi connectivity index (χ1) is 24.7. The summed E-state index contributed by atoms with van der Waals surface area (Å²) in [4.78, 5) is 28.5. The molecule has 8 rings (SSSR count). The minimum atomic E-state index is -1.24. The monoisotopic (exact) mass is 736 g/mol. The predicted octanol–water partition coefficient (Wildman–Crippen LogP) is 6.17. The Bertz CT molecular complexity index is 2020. The Morgan fingerprint density at radius 3 is 2.63 bits per heavy atom. The van der Waals surface area contributed by atoms with Gasteiger partial charge in [-0.1, -0.05) is 23.6 Å². The van der Waals surface area contributed by atoms with Crippen molar-refractivity contribution in [2.75, 3.05) is 32.8 Å². The van der Waals surface area contributed by atoms with E-state index in [-0.39, 0.29) is 69.5 Å². The topological polar surface area (TPSA) is 102 Å². The van der Waals surface area contributed by atoms with Crippen molar-refractivity contribution in [1.82, 2.24) is 20.0 Å². The van der Waals surface area contributed by atoms with E-state index < -0.39 is 35.0 Å². The van der Waals surface area contributed by atoms with Crippen molar-refractivity contribution in [1.29, 1.82) is 0 Å². The van der Waals surface area contributed by atoms with Gasteiger partial charge in [0.15, 0.2) is 5.83 Å². The highest BCUT2D eigenvalue weighted by Crippen LogP contribution is 2.44. The lowest BCUT2D eigenvalue weighted by Gasteiger charge is -2.44. The van der Waals surface area contributed by atoms with Gasteiger partial charge in [-0.2, -0.15) is 4.99 Å². The zero-order chi connectivity index (χ0) is 36.7. The maximum atomic E-state index is 17.2. The third-order valence-electron chi connectivity index (χ3n) is 11.0. The largest absolute Gasteiger partial charge is 0.508 e. The maximum absolute atomic E-state index is 17.2. The first-order valence-electron chi connectivity index (χ1n) is 17.7. The summed E-state index contributed by atoms with van der Waals surface area (Å²) >= 11 is 6.97. The van der Waals surface area contributed by atoms with Crippen LogP contribution >= 0.6 is 11.6 Å². The number of aromatic hydroxyl groups is 1. The van der Waals surface area contributed by atoms with Crippen molar-refractivity contribution < 1.29 is 32.5 Å². The van der Waals surface area contributed by atoms with Crippen LogP contribution in [0.2, 0.25) is 0 Å². The molecule has 0 radical (unpaired) electrons. The second kappa shape index (κ2) is 12.6. The second-order valence-electron chi connectivity index (χ2n) is 15.5. The Kier molecular flexibility index (Phi) is 8.41. The Hall–Kier alpha value is -4.41. The molecule has 0 spiro atoms. The number of hydrogen-bond acceptors (Lipinski definition) is 9. The smallest absolute Gasteiger partial charge is 0.410 e. The number of halogens is 4. The van der Waals surface area contributed by atoms with Crippen molar-refractivity contribution in [3.05, 3.63) is 58.4 Å². The van der Waals surface area contributed by atoms with Crippen molar-refractivity contribution in [3.8, 4) is 18.1 Å². The molecule has 2 N–H and O–H groups in total. The van der Waals surface area contributed by atoms with Crippen LogP contribution in [0.15, 0.2) is 51.5 Å². The van der Waals surface area contributed by atoms with Gasteiger partial charge in [-0.3, -0.25) is 9.80 Å². The van der Waals surface area contributed by atoms with Crippen LogP contribution in [0.1, 0.15) is 64.0 Å². The average Bonchev–Trinajstić information content (AvgIpc) is 3.70. The molecule has 274 valence electrons. The molecular weight excluding hydrogens is 697 g/mol. The zero-order valence-corrected chi connectivity index (χ0v) is 29.9. The molecule has 2 aromatic rings. The van der Waals surface area contributed by atoms with Gasteiger partial charge in [-0.25, -0.2) is 23.0 Å². The number of benzene rings is 2. The van der Waals surface area contributed by atoms with E-state index in [2.05, 4.69) is 21.1 Å². The van der Waals surface area contributed by atoms with E-state index in [0.29, 0.717) is 37.3 Å². The van der Waals surface area contributed by atoms with Crippen molar-refractivity contribution >= 4 is 45.4 Å². The molecule has 10 nitrogen and oxygen atoms in total. The van der Waals surface area contributed by atoms with E-state index >= 15 is 4.39 Å². The lowest BCUT2D eigenvalue weighted by Crippen LogP contribution is -2.57. The number of ether oxygens (including phenoxy) is 2. The van der Waals surface area contributed by atoms with E-state index in [0.717, 1.165) is 32.2 Å². The average molecular weight is 737 g/mol. The number of phenols is 1. The number of fused-ring (bicyclic) bond motifs is 5. The Morgan fingerprint density at radius 2 is 1.92 bits per heavy atom. The first kappa shape index (κ1) is 34.7. The molecule has 6 aliphatic heterocycles. The van der Waals surface area contributed by atoms with Crippen LogP contribution in [-0.4, -0.2) is 105 Å². The molecule has 0 aromatic heterocycles. The number of nitrogens with zero attached hydrogens (tertiary/aromatic N) is 5. The minimum absolute atomic E-state index is 0.0335. The van der Waals surface area contributed by atoms with Crippen LogP contribution in [0, 0.1) is 18.2 Å². The molecule has 2 bridgehead atoms. The molecule has 4 saturated heterocycles. The van der Waals surface area contributed by atoms with Crippen molar-refractivity contribution in [3.63, 3.8) is 0 Å². The summed E-state index contributed by atoms with van der Waals surface area (Å²) in [5.74, 6) is 1.05. The number of aliphatic imine (C=N–C) groups is 2. The van der Waals surface area contributed by atoms with Crippen LogP contribution in [0.4, 0.5) is 18.0 Å². The van der Waals surface area contributed by atoms with Gasteiger partial charge in [0.1, 0.15) is 52.7 Å². The fourth-order valence-corrected chi connectivity index (χ4v) is 9.14. The standard InChI is InChI=1S/C38H40ClF3N6O4/c1-5-25-27(41)10-7-20-13-24(49)14-26(28(20)25)31-30(42)32-29(33(39)43-31)34(45-35(44-32)51-19-38-11-6-12-47(38)16-21(40)15-38)46-17-22-8-9-23(18-46)48(22)36(50)52-37(2,3)4/h1,7,10,13-14,21-23,32,49H,6,8-9,11-12,15-19H2,2-4H3,(H,44,45)/t21-,22?,23?,32?,38+/m1/s1. The number of hydrogen-bond donors (Lipinski definition) is 2. The lowest BCUT2D eigenvalue weighted by molar-refractivity contribution is -0.000735. The number of rotatable bonds is 4. The van der Waals surface area contributed by atoms with Crippen molar-refractivity contribution in [2.45, 2.75) is 88.3 Å². The SMILES string of the molecule is C#Cc1c(F)ccc2cc(O)cc(C3=C(F)C4NC(OC[C@@]56CCCN5C[C@H](F)C6)=NC(N5CC6CCC(C5)N6C(=O)OC(C)(C)C)=C4C(Cl)=N3)c12. The molecule has 5 atom stereocenters. The molecule has 1 amide bonds. The predicted molar refractivity (Wildman–Crippen MR) is 192 cm³/mol. The minimum Gasteiger partial charge on any atom is -0.508 e. The number of piperazine rings is 1. The number of terminal acetylenes is 1. The fourth-order valence-electron chi connectivity index (χ4n) is 8.86. The van der Waals surface area contributed by atoms with E-state index in [1.807, 2.05) is 25.7 Å². The number of carbonyl (C=O) groups is 1. The van der Waals surface area contributed by atoms with Gasteiger partial charge in [0.05, 0.1) is 28.8 Å². The van der Waals surface area contributed by atoms with E-state index in [1.165, 1.54) is 24.3 Å². The van der Waals surface area contributed by atoms with Gasteiger partial charge in [0, 0.05) is 37.0 Å². The molecule has 3 unspecified atom stereocenters. The molecule has 2 aromatic carbocycles. The quantitative estimate of drug-likeness (QED) is 0.362. The molecule has 0 aliphatic carbocycles. The molecule has 52 heavy (non-hydrogen) atoms. The molecule has 14 heteroatoms. The number of alkyl halides is 1. The molecule has 6 heterocycles. The summed E-state index contributed by atoms with van der Waals surface area (Å²) in [6.45, 7) is 7.51. The van der Waals surface area contributed by atoms with E-state index in [9.17, 15) is 18.7 Å². The van der Waals surface area contributed by atoms with Gasteiger partial charge in [0.25, 0.3) is 6.02 Å². The number of nitrogens with one attached hydrogen (secondary N) is 1. The normalized spacial score (nSPS) is 28.7. The van der Waals surface area contributed by atoms with Gasteiger partial charge in [0.2, 0.25) is 0 Å². The Balaban J connectivity index is 1.20. The highest BCUT2D eigenvalue weighted by molar-refractivity contribution is 6.70. The molecule has 4 fully saturated rings. The molecule has 6 aliphatic rings. The zero-order valence-electron chi connectivity index (χ0n) is 29.2. The second-order valence-corrected chi connectivity index (χ2v) is 15.9. The highest BCUT2D eigenvalue weighted by Gasteiger charge is 2.51. The van der Waals surface area contributed by atoms with Crippen LogP contribution in [0.3, 0.4) is 0 Å². The van der Waals surface area contributed by atoms with Crippen molar-refractivity contribution in [2.24, 2.45) is 9.98 Å².